The Kier molecular flexibility index (Phi) is 4.58. The molecule has 100 valence electrons. The van der Waals surface area contributed by atoms with Gasteiger partial charge < -0.3 is 9.84 Å². The van der Waals surface area contributed by atoms with Crippen LogP contribution < -0.4 is 4.74 Å². The topological polar surface area (TPSA) is 29.5 Å². The summed E-state index contributed by atoms with van der Waals surface area (Å²) in [7, 11) is 0. The quantitative estimate of drug-likeness (QED) is 0.875. The summed E-state index contributed by atoms with van der Waals surface area (Å²) in [6, 6.07) is 15.9. The normalized spacial score (nSPS) is 12.2. The zero-order valence-electron chi connectivity index (χ0n) is 11.5. The average Bonchev–Trinajstić information content (AvgIpc) is 2.46. The van der Waals surface area contributed by atoms with Crippen molar-refractivity contribution in [3.8, 4) is 5.75 Å². The minimum absolute atomic E-state index is 0.464. The van der Waals surface area contributed by atoms with Gasteiger partial charge in [0, 0.05) is 5.56 Å². The number of aryl methyl sites for hydroxylation is 1. The van der Waals surface area contributed by atoms with E-state index < -0.39 is 6.10 Å². The second kappa shape index (κ2) is 6.39. The molecular weight excluding hydrogens is 236 g/mol. The van der Waals surface area contributed by atoms with Crippen molar-refractivity contribution in [3.63, 3.8) is 0 Å². The maximum atomic E-state index is 9.96. The molecule has 0 aliphatic rings. The second-order valence-corrected chi connectivity index (χ2v) is 4.74. The molecule has 1 atom stereocenters. The summed E-state index contributed by atoms with van der Waals surface area (Å²) in [4.78, 5) is 0. The van der Waals surface area contributed by atoms with E-state index >= 15 is 0 Å². The van der Waals surface area contributed by atoms with Crippen molar-refractivity contribution >= 4 is 0 Å². The van der Waals surface area contributed by atoms with E-state index in [1.165, 1.54) is 5.56 Å². The lowest BCUT2D eigenvalue weighted by atomic mass is 10.1. The van der Waals surface area contributed by atoms with E-state index in [1.807, 2.05) is 31.2 Å². The minimum Gasteiger partial charge on any atom is -0.489 e. The Bertz CT molecular complexity index is 517. The molecule has 0 aliphatic heterocycles. The lowest BCUT2D eigenvalue weighted by Crippen LogP contribution is -2.02. The van der Waals surface area contributed by atoms with Crippen molar-refractivity contribution in [1.82, 2.24) is 0 Å². The first-order valence-electron chi connectivity index (χ1n) is 6.66. The SMILES string of the molecule is CC[C@H](O)c1ccccc1OCc1ccc(C)cc1. The van der Waals surface area contributed by atoms with E-state index in [9.17, 15) is 5.11 Å². The molecule has 2 rings (SSSR count). The summed E-state index contributed by atoms with van der Waals surface area (Å²) in [6.45, 7) is 4.55. The second-order valence-electron chi connectivity index (χ2n) is 4.74. The molecular formula is C17H20O2. The molecule has 0 heterocycles. The van der Waals surface area contributed by atoms with Gasteiger partial charge in [0.15, 0.2) is 0 Å². The standard InChI is InChI=1S/C17H20O2/c1-3-16(18)15-6-4-5-7-17(15)19-12-14-10-8-13(2)9-11-14/h4-11,16,18H,3,12H2,1-2H3/t16-/m0/s1. The first-order chi connectivity index (χ1) is 9.20. The van der Waals surface area contributed by atoms with E-state index in [-0.39, 0.29) is 0 Å². The fourth-order valence-corrected chi connectivity index (χ4v) is 1.95. The van der Waals surface area contributed by atoms with Gasteiger partial charge in [-0.3, -0.25) is 0 Å². The highest BCUT2D eigenvalue weighted by Crippen LogP contribution is 2.27. The van der Waals surface area contributed by atoms with Gasteiger partial charge >= 0.3 is 0 Å². The number of aliphatic hydroxyl groups is 1. The molecule has 0 amide bonds. The fourth-order valence-electron chi connectivity index (χ4n) is 1.95. The van der Waals surface area contributed by atoms with Crippen LogP contribution in [0.2, 0.25) is 0 Å². The van der Waals surface area contributed by atoms with Crippen LogP contribution in [0.25, 0.3) is 0 Å². The maximum Gasteiger partial charge on any atom is 0.125 e. The number of aliphatic hydroxyl groups excluding tert-OH is 1. The van der Waals surface area contributed by atoms with Crippen LogP contribution in [-0.4, -0.2) is 5.11 Å². The van der Waals surface area contributed by atoms with Gasteiger partial charge in [0.05, 0.1) is 6.10 Å². The molecule has 0 saturated carbocycles. The lowest BCUT2D eigenvalue weighted by Gasteiger charge is -2.15. The van der Waals surface area contributed by atoms with Crippen LogP contribution in [0.15, 0.2) is 48.5 Å². The number of ether oxygens (including phenoxy) is 1. The first kappa shape index (κ1) is 13.6. The van der Waals surface area contributed by atoms with Gasteiger partial charge in [0.2, 0.25) is 0 Å². The molecule has 2 aromatic rings. The fraction of sp³-hybridized carbons (Fsp3) is 0.294. The maximum absolute atomic E-state index is 9.96. The predicted molar refractivity (Wildman–Crippen MR) is 77.2 cm³/mol. The number of hydrogen-bond donors (Lipinski definition) is 1. The van der Waals surface area contributed by atoms with E-state index in [2.05, 4.69) is 31.2 Å². The Morgan fingerprint density at radius 2 is 1.74 bits per heavy atom. The first-order valence-corrected chi connectivity index (χ1v) is 6.66. The van der Waals surface area contributed by atoms with Crippen molar-refractivity contribution in [1.29, 1.82) is 0 Å². The molecule has 2 heteroatoms. The number of para-hydroxylation sites is 1. The molecule has 19 heavy (non-hydrogen) atoms. The third-order valence-corrected chi connectivity index (χ3v) is 3.18. The zero-order chi connectivity index (χ0) is 13.7. The van der Waals surface area contributed by atoms with Crippen molar-refractivity contribution in [2.24, 2.45) is 0 Å². The van der Waals surface area contributed by atoms with Gasteiger partial charge in [-0.1, -0.05) is 55.0 Å². The summed E-state index contributed by atoms with van der Waals surface area (Å²) >= 11 is 0. The Labute approximate surface area is 114 Å². The van der Waals surface area contributed by atoms with Crippen molar-refractivity contribution in [3.05, 3.63) is 65.2 Å². The van der Waals surface area contributed by atoms with E-state index in [4.69, 9.17) is 4.74 Å². The van der Waals surface area contributed by atoms with E-state index in [0.29, 0.717) is 13.0 Å². The molecule has 2 nitrogen and oxygen atoms in total. The highest BCUT2D eigenvalue weighted by atomic mass is 16.5. The van der Waals surface area contributed by atoms with Gasteiger partial charge in [0.1, 0.15) is 12.4 Å². The summed E-state index contributed by atoms with van der Waals surface area (Å²) in [6.07, 6.45) is 0.222. The number of benzene rings is 2. The lowest BCUT2D eigenvalue weighted by molar-refractivity contribution is 0.166. The molecule has 0 saturated heterocycles. The summed E-state index contributed by atoms with van der Waals surface area (Å²) in [5.74, 6) is 0.762. The third kappa shape index (κ3) is 3.58. The van der Waals surface area contributed by atoms with Crippen molar-refractivity contribution in [2.45, 2.75) is 33.0 Å². The molecule has 0 unspecified atom stereocenters. The molecule has 0 spiro atoms. The Morgan fingerprint density at radius 1 is 1.05 bits per heavy atom. The third-order valence-electron chi connectivity index (χ3n) is 3.18. The Balaban J connectivity index is 2.09. The number of rotatable bonds is 5. The van der Waals surface area contributed by atoms with Crippen LogP contribution in [0.4, 0.5) is 0 Å². The molecule has 0 bridgehead atoms. The molecule has 0 aromatic heterocycles. The van der Waals surface area contributed by atoms with Crippen LogP contribution in [-0.2, 0) is 6.61 Å². The Morgan fingerprint density at radius 3 is 2.42 bits per heavy atom. The highest BCUT2D eigenvalue weighted by molar-refractivity contribution is 5.35. The molecule has 1 N–H and O–H groups in total. The molecule has 0 aliphatic carbocycles. The summed E-state index contributed by atoms with van der Waals surface area (Å²) in [5, 5.41) is 9.96. The van der Waals surface area contributed by atoms with Gasteiger partial charge in [-0.15, -0.1) is 0 Å². The summed E-state index contributed by atoms with van der Waals surface area (Å²) < 4.78 is 5.83. The molecule has 0 radical (unpaired) electrons. The van der Waals surface area contributed by atoms with Crippen molar-refractivity contribution < 1.29 is 9.84 Å². The van der Waals surface area contributed by atoms with Crippen LogP contribution in [0.5, 0.6) is 5.75 Å². The van der Waals surface area contributed by atoms with Crippen LogP contribution >= 0.6 is 0 Å². The number of hydrogen-bond acceptors (Lipinski definition) is 2. The van der Waals surface area contributed by atoms with Crippen molar-refractivity contribution in [2.75, 3.05) is 0 Å². The predicted octanol–water partition coefficient (Wildman–Crippen LogP) is 4.02. The van der Waals surface area contributed by atoms with Crippen LogP contribution in [0, 0.1) is 6.92 Å². The average molecular weight is 256 g/mol. The van der Waals surface area contributed by atoms with Crippen LogP contribution in [0.3, 0.4) is 0 Å². The highest BCUT2D eigenvalue weighted by Gasteiger charge is 2.10. The smallest absolute Gasteiger partial charge is 0.125 e. The Hall–Kier alpha value is -1.80. The van der Waals surface area contributed by atoms with Crippen LogP contribution in [0.1, 0.15) is 36.1 Å². The molecule has 0 fully saturated rings. The van der Waals surface area contributed by atoms with Gasteiger partial charge in [-0.25, -0.2) is 0 Å². The monoisotopic (exact) mass is 256 g/mol. The largest absolute Gasteiger partial charge is 0.489 e. The van der Waals surface area contributed by atoms with Gasteiger partial charge in [0.25, 0.3) is 0 Å². The molecule has 2 aromatic carbocycles. The minimum atomic E-state index is -0.464. The zero-order valence-corrected chi connectivity index (χ0v) is 11.5. The summed E-state index contributed by atoms with van der Waals surface area (Å²) in [5.41, 5.74) is 3.23. The van der Waals surface area contributed by atoms with E-state index in [1.54, 1.807) is 0 Å². The van der Waals surface area contributed by atoms with E-state index in [0.717, 1.165) is 16.9 Å². The van der Waals surface area contributed by atoms with Gasteiger partial charge in [-0.05, 0) is 25.0 Å². The van der Waals surface area contributed by atoms with Gasteiger partial charge in [-0.2, -0.15) is 0 Å².